The highest BCUT2D eigenvalue weighted by molar-refractivity contribution is 5.95. The number of fused-ring (bicyclic) bond motifs is 6. The van der Waals surface area contributed by atoms with Gasteiger partial charge in [-0.2, -0.15) is 0 Å². The summed E-state index contributed by atoms with van der Waals surface area (Å²) in [6.07, 6.45) is 8.43. The Bertz CT molecular complexity index is 2270. The lowest BCUT2D eigenvalue weighted by atomic mass is 9.47. The van der Waals surface area contributed by atoms with Crippen molar-refractivity contribution < 1.29 is 38.4 Å². The normalized spacial score (nSPS) is 34.7. The number of carbonyl (C=O) groups excluding carboxylic acids is 3. The quantitative estimate of drug-likeness (QED) is 0.194. The Morgan fingerprint density at radius 1 is 1.00 bits per heavy atom. The second kappa shape index (κ2) is 13.7. The molecule has 5 aliphatic heterocycles. The highest BCUT2D eigenvalue weighted by Crippen LogP contribution is 2.68. The van der Waals surface area contributed by atoms with Crippen LogP contribution in [-0.4, -0.2) is 123 Å². The lowest BCUT2D eigenvalue weighted by Gasteiger charge is -2.63. The van der Waals surface area contributed by atoms with E-state index in [1.807, 2.05) is 37.1 Å². The molecule has 3 aromatic rings. The molecule has 12 nitrogen and oxygen atoms in total. The number of H-pyrrole nitrogens is 1. The minimum atomic E-state index is -2.28. The van der Waals surface area contributed by atoms with Gasteiger partial charge in [0.2, 0.25) is 5.60 Å². The molecule has 5 unspecified atom stereocenters. The molecular weight excluding hydrogens is 737 g/mol. The number of likely N-dealkylation sites (N-methyl/N-ethyl adjacent to an activating group) is 1. The molecule has 2 aromatic carbocycles. The maximum Gasteiger partial charge on any atom is 0.344 e. The Balaban J connectivity index is 1.37. The van der Waals surface area contributed by atoms with E-state index in [2.05, 4.69) is 58.1 Å². The number of nitrogens with one attached hydrogen (secondary N) is 1. The summed E-state index contributed by atoms with van der Waals surface area (Å²) in [4.78, 5) is 53.4. The van der Waals surface area contributed by atoms with Crippen molar-refractivity contribution in [1.82, 2.24) is 14.8 Å². The smallest absolute Gasteiger partial charge is 0.344 e. The first-order chi connectivity index (χ1) is 27.9. The molecule has 1 spiro atoms. The van der Waals surface area contributed by atoms with Crippen LogP contribution in [0.5, 0.6) is 5.75 Å². The lowest BCUT2D eigenvalue weighted by molar-refractivity contribution is -0.228. The molecule has 12 heteroatoms. The van der Waals surface area contributed by atoms with Gasteiger partial charge in [0.25, 0.3) is 0 Å². The SMILES string of the molecule is CCC1=CC2CN(CCc3c([nH]c4ccccc34)[C@@](C(=O)OC)(c3cc4c(cc3OC)N(C)C3[C@@](O)(C(=O)OC)C(OC(C)=O)[C@]5(CC)C=CCN6CC[C@]43C65)C2)C1. The van der Waals surface area contributed by atoms with E-state index >= 15 is 4.79 Å². The number of methoxy groups -OCH3 is 3. The highest BCUT2D eigenvalue weighted by atomic mass is 16.6. The van der Waals surface area contributed by atoms with E-state index in [9.17, 15) is 14.7 Å². The van der Waals surface area contributed by atoms with Crippen molar-refractivity contribution in [2.24, 2.45) is 11.3 Å². The number of benzene rings is 2. The highest BCUT2D eigenvalue weighted by Gasteiger charge is 2.80. The van der Waals surface area contributed by atoms with Gasteiger partial charge in [-0.25, -0.2) is 4.79 Å². The van der Waals surface area contributed by atoms with Gasteiger partial charge in [0, 0.05) is 90.9 Å². The number of anilines is 1. The second-order valence-corrected chi connectivity index (χ2v) is 17.5. The van der Waals surface area contributed by atoms with Crippen molar-refractivity contribution in [2.45, 2.75) is 87.5 Å². The Morgan fingerprint density at radius 3 is 2.48 bits per heavy atom. The van der Waals surface area contributed by atoms with E-state index in [0.717, 1.165) is 65.9 Å². The van der Waals surface area contributed by atoms with E-state index < -0.39 is 45.9 Å². The van der Waals surface area contributed by atoms with E-state index in [1.54, 1.807) is 7.11 Å². The molecule has 2 N–H and O–H groups in total. The number of hydrogen-bond donors (Lipinski definition) is 2. The van der Waals surface area contributed by atoms with E-state index in [1.165, 1.54) is 26.7 Å². The number of esters is 3. The van der Waals surface area contributed by atoms with E-state index in [-0.39, 0.29) is 17.9 Å². The van der Waals surface area contributed by atoms with Crippen LogP contribution in [0.15, 0.2) is 60.2 Å². The van der Waals surface area contributed by atoms with Gasteiger partial charge in [-0.1, -0.05) is 55.8 Å². The summed E-state index contributed by atoms with van der Waals surface area (Å²) in [6, 6.07) is 11.2. The van der Waals surface area contributed by atoms with Gasteiger partial charge >= 0.3 is 17.9 Å². The Kier molecular flexibility index (Phi) is 9.18. The summed E-state index contributed by atoms with van der Waals surface area (Å²) in [7, 11) is 6.24. The first-order valence-corrected chi connectivity index (χ1v) is 20.8. The number of aromatic nitrogens is 1. The maximum atomic E-state index is 15.3. The molecule has 1 saturated carbocycles. The van der Waals surface area contributed by atoms with Crippen LogP contribution in [0.2, 0.25) is 0 Å². The lowest BCUT2D eigenvalue weighted by Crippen LogP contribution is -2.81. The molecule has 6 aliphatic rings. The number of nitrogens with zero attached hydrogens (tertiary/aromatic N) is 3. The summed E-state index contributed by atoms with van der Waals surface area (Å²) in [5.41, 5.74) is 1.10. The van der Waals surface area contributed by atoms with Crippen LogP contribution >= 0.6 is 0 Å². The topological polar surface area (TPSA) is 134 Å². The Hall–Kier alpha value is -4.65. The first-order valence-electron chi connectivity index (χ1n) is 20.8. The van der Waals surface area contributed by atoms with Crippen LogP contribution in [0.25, 0.3) is 10.9 Å². The maximum absolute atomic E-state index is 15.3. The molecule has 58 heavy (non-hydrogen) atoms. The number of carbonyl (C=O) groups is 3. The molecule has 0 amide bonds. The fraction of sp³-hybridized carbons (Fsp3) is 0.543. The third-order valence-corrected chi connectivity index (χ3v) is 15.1. The van der Waals surface area contributed by atoms with Gasteiger partial charge in [-0.3, -0.25) is 19.4 Å². The summed E-state index contributed by atoms with van der Waals surface area (Å²) in [5, 5.41) is 14.4. The molecule has 9 atom stereocenters. The van der Waals surface area contributed by atoms with Crippen molar-refractivity contribution >= 4 is 34.5 Å². The van der Waals surface area contributed by atoms with Crippen LogP contribution in [0.3, 0.4) is 0 Å². The fourth-order valence-electron chi connectivity index (χ4n) is 13.0. The number of hydrogen-bond acceptors (Lipinski definition) is 11. The van der Waals surface area contributed by atoms with Gasteiger partial charge in [-0.15, -0.1) is 0 Å². The van der Waals surface area contributed by atoms with Gasteiger partial charge in [0.15, 0.2) is 6.10 Å². The number of aromatic amines is 1. The monoisotopic (exact) mass is 792 g/mol. The van der Waals surface area contributed by atoms with Crippen molar-refractivity contribution in [3.8, 4) is 5.75 Å². The van der Waals surface area contributed by atoms with Crippen LogP contribution in [-0.2, 0) is 45.8 Å². The van der Waals surface area contributed by atoms with Crippen molar-refractivity contribution in [3.63, 3.8) is 0 Å². The number of para-hydroxylation sites is 1. The minimum Gasteiger partial charge on any atom is -0.496 e. The summed E-state index contributed by atoms with van der Waals surface area (Å²) in [6.45, 7) is 9.44. The molecule has 1 aliphatic carbocycles. The molecule has 2 fully saturated rings. The summed E-state index contributed by atoms with van der Waals surface area (Å²) >= 11 is 0. The number of ether oxygens (including phenoxy) is 4. The van der Waals surface area contributed by atoms with Crippen LogP contribution in [0.1, 0.15) is 68.8 Å². The second-order valence-electron chi connectivity index (χ2n) is 17.5. The number of aliphatic hydroxyl groups is 1. The third kappa shape index (κ3) is 4.94. The largest absolute Gasteiger partial charge is 0.496 e. The predicted molar refractivity (Wildman–Crippen MR) is 219 cm³/mol. The molecule has 1 saturated heterocycles. The average Bonchev–Trinajstić information content (AvgIpc) is 3.89. The van der Waals surface area contributed by atoms with Gasteiger partial charge in [0.1, 0.15) is 11.2 Å². The fourth-order valence-corrected chi connectivity index (χ4v) is 13.0. The molecular formula is C46H56N4O8. The van der Waals surface area contributed by atoms with Crippen molar-refractivity contribution in [2.75, 3.05) is 66.0 Å². The van der Waals surface area contributed by atoms with Crippen molar-refractivity contribution in [1.29, 1.82) is 0 Å². The van der Waals surface area contributed by atoms with Gasteiger partial charge in [-0.05, 0) is 67.8 Å². The van der Waals surface area contributed by atoms with E-state index in [0.29, 0.717) is 43.7 Å². The van der Waals surface area contributed by atoms with E-state index in [4.69, 9.17) is 18.9 Å². The van der Waals surface area contributed by atoms with Crippen molar-refractivity contribution in [3.05, 3.63) is 82.6 Å². The van der Waals surface area contributed by atoms with Crippen LogP contribution in [0.4, 0.5) is 5.69 Å². The van der Waals surface area contributed by atoms with Crippen LogP contribution in [0, 0.1) is 11.3 Å². The Morgan fingerprint density at radius 2 is 1.78 bits per heavy atom. The standard InChI is InChI=1S/C46H56N4O8/c1-8-28-21-29-24-45(41(52)56-6,37-31(15-19-49(25-28)26-29)30-13-10-11-14-34(30)47-37)33-22-32-35(23-36(33)55-5)48(4)39-44(32)17-20-50-18-12-16-43(9-2,38(44)50)40(58-27(3)51)46(39,54)42(53)57-7/h10-14,16,21-23,29,38-40,47,54H,8-9,15,17-20,24-26H2,1-7H3/t29?,38?,39?,40?,43-,44-,45+,46+/m1/s1. The van der Waals surface area contributed by atoms with Gasteiger partial charge < -0.3 is 33.9 Å². The predicted octanol–water partition coefficient (Wildman–Crippen LogP) is 4.80. The molecule has 9 rings (SSSR count). The zero-order chi connectivity index (χ0) is 40.9. The van der Waals surface area contributed by atoms with Gasteiger partial charge in [0.05, 0.1) is 27.4 Å². The first kappa shape index (κ1) is 38.8. The Labute approximate surface area is 340 Å². The minimum absolute atomic E-state index is 0.0217. The molecule has 308 valence electrons. The molecule has 0 radical (unpaired) electrons. The zero-order valence-electron chi connectivity index (χ0n) is 34.7. The average molecular weight is 793 g/mol. The summed E-state index contributed by atoms with van der Waals surface area (Å²) < 4.78 is 24.0. The third-order valence-electron chi connectivity index (χ3n) is 15.1. The van der Waals surface area contributed by atoms with Crippen LogP contribution < -0.4 is 9.64 Å². The summed E-state index contributed by atoms with van der Waals surface area (Å²) in [5.74, 6) is -1.31. The number of rotatable bonds is 7. The zero-order valence-corrected chi connectivity index (χ0v) is 34.7. The molecule has 2 bridgehead atoms. The molecule has 1 aromatic heterocycles. The molecule has 6 heterocycles.